The van der Waals surface area contributed by atoms with Crippen molar-refractivity contribution in [1.82, 2.24) is 5.06 Å². The van der Waals surface area contributed by atoms with E-state index in [-0.39, 0.29) is 167 Å². The lowest BCUT2D eigenvalue weighted by molar-refractivity contribution is -0.197. The summed E-state index contributed by atoms with van der Waals surface area (Å²) in [7, 11) is -22.8. The number of methoxy groups -OCH3 is 2. The van der Waals surface area contributed by atoms with Crippen LogP contribution in [0.5, 0.6) is 0 Å². The molecule has 99 heavy (non-hydrogen) atoms. The van der Waals surface area contributed by atoms with E-state index in [1.165, 1.54) is 51.5 Å². The van der Waals surface area contributed by atoms with Gasteiger partial charge in [-0.05, 0) is 109 Å². The van der Waals surface area contributed by atoms with E-state index in [9.17, 15) is 84.3 Å². The number of nitrogens with zero attached hydrogens (tertiary/aromatic N) is 2. The molecule has 2 heterocycles. The van der Waals surface area contributed by atoms with Gasteiger partial charge in [-0.2, -0.15) is 42.1 Å². The zero-order valence-corrected chi connectivity index (χ0v) is 58.5. The predicted molar refractivity (Wildman–Crippen MR) is 353 cm³/mol. The number of nitrogens with one attached hydrogen (secondary N) is 1. The van der Waals surface area contributed by atoms with Gasteiger partial charge < -0.3 is 58.1 Å². The molecule has 2 unspecified atom stereocenters. The van der Waals surface area contributed by atoms with E-state index in [0.717, 1.165) is 18.2 Å². The number of hydroxylamine groups is 2. The van der Waals surface area contributed by atoms with Gasteiger partial charge in [0.1, 0.15) is 15.6 Å². The molecular formula is C62H79N3O29S5. The molecule has 7 rings (SSSR count). The van der Waals surface area contributed by atoms with Gasteiger partial charge in [0.05, 0.1) is 113 Å². The SMILES string of the molecule is C=C(/C=C1/C(=O)C(/C=C2/N(CCCC(=O)ON3C(=O)CCC3=O)c3ccc4c(S(=O)(=O)O)cc(S(=O)(=O)O)cc4c3C2(C)CCOCCOCCOCCOC)=C1O)C(C)(CCCS(=O)(=O)O)c1c(NCCOCCOCCOCCOC)ccc2c(S(=O)(=O)O)cc(S(=O)(=O)O)cc12. The summed E-state index contributed by atoms with van der Waals surface area (Å²) in [5.74, 6) is -5.06. The molecule has 2 aliphatic heterocycles. The number of ketones is 1. The van der Waals surface area contributed by atoms with Crippen molar-refractivity contribution in [2.75, 3.05) is 136 Å². The number of allylic oxidation sites excluding steroid dienone is 6. The molecule has 0 bridgehead atoms. The Morgan fingerprint density at radius 2 is 1.12 bits per heavy atom. The summed E-state index contributed by atoms with van der Waals surface area (Å²) in [6, 6.07) is 8.11. The molecule has 2 amide bonds. The minimum Gasteiger partial charge on any atom is -0.506 e. The van der Waals surface area contributed by atoms with E-state index in [0.29, 0.717) is 43.6 Å². The molecule has 32 nitrogen and oxygen atoms in total. The van der Waals surface area contributed by atoms with E-state index in [1.54, 1.807) is 11.8 Å². The fourth-order valence-corrected chi connectivity index (χ4v) is 14.8. The topological polar surface area (TPSA) is 462 Å². The number of carbonyl (C=O) groups is 4. The largest absolute Gasteiger partial charge is 0.506 e. The number of aliphatic hydroxyl groups excluding tert-OH is 1. The van der Waals surface area contributed by atoms with Crippen LogP contribution in [0.3, 0.4) is 0 Å². The molecule has 1 aliphatic carbocycles. The summed E-state index contributed by atoms with van der Waals surface area (Å²) in [6.07, 6.45) is 0.401. The first-order chi connectivity index (χ1) is 46.5. The second kappa shape index (κ2) is 33.8. The highest BCUT2D eigenvalue weighted by Crippen LogP contribution is 2.55. The quantitative estimate of drug-likeness (QED) is 0.0132. The lowest BCUT2D eigenvalue weighted by Crippen LogP contribution is -2.34. The van der Waals surface area contributed by atoms with Crippen molar-refractivity contribution in [1.29, 1.82) is 0 Å². The monoisotopic (exact) mass is 1490 g/mol. The molecule has 0 saturated carbocycles. The first kappa shape index (κ1) is 79.6. The molecule has 0 aromatic heterocycles. The van der Waals surface area contributed by atoms with Gasteiger partial charge in [-0.3, -0.25) is 37.1 Å². The number of aliphatic hydroxyl groups is 1. The third-order valence-corrected chi connectivity index (χ3v) is 20.8. The lowest BCUT2D eigenvalue weighted by atomic mass is 9.69. The first-order valence-electron chi connectivity index (χ1n) is 30.7. The number of anilines is 2. The minimum absolute atomic E-state index is 0.0158. The maximum absolute atomic E-state index is 15.0. The molecule has 37 heteroatoms. The molecule has 4 aromatic rings. The van der Waals surface area contributed by atoms with Crippen LogP contribution in [-0.4, -0.2) is 224 Å². The summed E-state index contributed by atoms with van der Waals surface area (Å²) < 4.78 is 224. The Kier molecular flexibility index (Phi) is 27.2. The molecule has 7 N–H and O–H groups in total. The number of benzene rings is 4. The zero-order chi connectivity index (χ0) is 72.9. The van der Waals surface area contributed by atoms with Crippen LogP contribution in [-0.2, 0) is 123 Å². The number of imide groups is 1. The number of fused-ring (bicyclic) bond motifs is 4. The van der Waals surface area contributed by atoms with Crippen LogP contribution in [0.25, 0.3) is 21.5 Å². The molecule has 2 atom stereocenters. The summed E-state index contributed by atoms with van der Waals surface area (Å²) in [6.45, 7) is 9.50. The standard InChI is InChI=1S/C62H79N3O29S5/c1-40(61(2,15-7-33-95(71,72)73)57-45-35-41(96(74,75)76)37-51(98(80,81)82)43(45)9-11-49(57)63-17-20-89-26-28-93-32-30-91-24-22-87-5)34-47-59(69)48(60(47)70)39-53-62(3,16-19-88-25-27-92-31-29-90-23-21-86-4)58-46-36-42(97(77,78)79)38-52(99(83,84)85)44(46)10-12-50(58)64(53)18-6-8-56(68)94-65-54(66)13-14-55(65)67/h9-12,34-39,63,69H,1,6-8,13-33H2,2-5H3,(H,71,72,73)(H,74,75,76)(H,77,78,79)(H,80,81,82)(H,83,84,85)/b47-34+,53-39+. The predicted octanol–water partition coefficient (Wildman–Crippen LogP) is 5.03. The number of hydrogen-bond acceptors (Lipinski definition) is 26. The number of rotatable bonds is 42. The number of carbonyl (C=O) groups excluding carboxylic acids is 4. The Hall–Kier alpha value is -6.73. The Labute approximate surface area is 572 Å². The summed E-state index contributed by atoms with van der Waals surface area (Å²) in [4.78, 5) is 55.9. The van der Waals surface area contributed by atoms with Crippen molar-refractivity contribution in [3.05, 3.63) is 107 Å². The fraction of sp³-hybridized carbons (Fsp3) is 0.484. The third-order valence-electron chi connectivity index (χ3n) is 16.5. The van der Waals surface area contributed by atoms with E-state index >= 15 is 4.79 Å². The second-order valence-corrected chi connectivity index (χ2v) is 30.5. The Morgan fingerprint density at radius 3 is 1.62 bits per heavy atom. The van der Waals surface area contributed by atoms with Crippen LogP contribution in [0.4, 0.5) is 11.4 Å². The van der Waals surface area contributed by atoms with Gasteiger partial charge in [-0.25, -0.2) is 4.79 Å². The highest BCUT2D eigenvalue weighted by molar-refractivity contribution is 7.87. The number of hydrogen-bond donors (Lipinski definition) is 7. The molecule has 0 spiro atoms. The number of amides is 2. The molecule has 4 aromatic carbocycles. The average Bonchev–Trinajstić information content (AvgIpc) is 1.60. The van der Waals surface area contributed by atoms with Crippen molar-refractivity contribution < 1.29 is 132 Å². The van der Waals surface area contributed by atoms with Gasteiger partial charge in [0.2, 0.25) is 5.78 Å². The first-order valence-corrected chi connectivity index (χ1v) is 38.1. The van der Waals surface area contributed by atoms with Crippen LogP contribution >= 0.6 is 0 Å². The molecule has 3 aliphatic rings. The van der Waals surface area contributed by atoms with Crippen LogP contribution in [0.2, 0.25) is 0 Å². The van der Waals surface area contributed by atoms with Crippen molar-refractivity contribution >= 4 is 107 Å². The maximum atomic E-state index is 15.0. The second-order valence-electron chi connectivity index (χ2n) is 23.3. The van der Waals surface area contributed by atoms with Crippen LogP contribution in [0.1, 0.15) is 69.9 Å². The minimum atomic E-state index is -5.33. The molecule has 1 saturated heterocycles. The Morgan fingerprint density at radius 1 is 0.636 bits per heavy atom. The number of Topliss-reactive ketones (excluding diaryl/α,β-unsaturated/α-hetero) is 1. The molecule has 1 fully saturated rings. The van der Waals surface area contributed by atoms with Crippen LogP contribution in [0.15, 0.2) is 115 Å². The van der Waals surface area contributed by atoms with Gasteiger partial charge in [0.15, 0.2) is 0 Å². The van der Waals surface area contributed by atoms with E-state index in [2.05, 4.69) is 11.9 Å². The summed E-state index contributed by atoms with van der Waals surface area (Å²) >= 11 is 0. The van der Waals surface area contributed by atoms with E-state index in [4.69, 9.17) is 42.7 Å². The van der Waals surface area contributed by atoms with Gasteiger partial charge in [-0.1, -0.05) is 25.6 Å². The van der Waals surface area contributed by atoms with Crippen LogP contribution < -0.4 is 10.2 Å². The Balaban J connectivity index is 1.37. The smallest absolute Gasteiger partial charge is 0.333 e. The van der Waals surface area contributed by atoms with Crippen molar-refractivity contribution in [2.45, 2.75) is 89.2 Å². The number of ether oxygens (including phenoxy) is 8. The highest BCUT2D eigenvalue weighted by Gasteiger charge is 2.48. The molecular weight excluding hydrogens is 1410 g/mol. The average molecular weight is 1490 g/mol. The van der Waals surface area contributed by atoms with Gasteiger partial charge in [0, 0.05) is 91.9 Å². The Bertz CT molecular complexity index is 4410. The van der Waals surface area contributed by atoms with Gasteiger partial charge in [-0.15, -0.1) is 5.06 Å². The molecule has 546 valence electrons. The van der Waals surface area contributed by atoms with Crippen molar-refractivity contribution in [3.8, 4) is 0 Å². The van der Waals surface area contributed by atoms with Crippen molar-refractivity contribution in [3.63, 3.8) is 0 Å². The third kappa shape index (κ3) is 20.1. The van der Waals surface area contributed by atoms with Crippen molar-refractivity contribution in [2.24, 2.45) is 0 Å². The highest BCUT2D eigenvalue weighted by atomic mass is 32.2. The van der Waals surface area contributed by atoms with E-state index < -0.39 is 140 Å². The normalized spacial score (nSPS) is 17.7. The van der Waals surface area contributed by atoms with E-state index in [1.807, 2.05) is 0 Å². The van der Waals surface area contributed by atoms with Crippen LogP contribution in [0, 0.1) is 0 Å². The van der Waals surface area contributed by atoms with Gasteiger partial charge in [0.25, 0.3) is 62.4 Å². The van der Waals surface area contributed by atoms with Gasteiger partial charge >= 0.3 is 5.97 Å². The maximum Gasteiger partial charge on any atom is 0.333 e. The lowest BCUT2D eigenvalue weighted by Gasteiger charge is -2.36. The summed E-state index contributed by atoms with van der Waals surface area (Å²) in [5.41, 5.74) is -4.07. The molecule has 0 radical (unpaired) electrons. The summed E-state index contributed by atoms with van der Waals surface area (Å²) in [5, 5.41) is 14.8. The fourth-order valence-electron chi connectivity index (χ4n) is 11.6. The zero-order valence-electron chi connectivity index (χ0n) is 54.5.